The Morgan fingerprint density at radius 3 is 2.65 bits per heavy atom. The summed E-state index contributed by atoms with van der Waals surface area (Å²) in [6.07, 6.45) is 8.86. The minimum Gasteiger partial charge on any atom is -0.321 e. The Bertz CT molecular complexity index is 651. The van der Waals surface area contributed by atoms with Crippen LogP contribution in [0.2, 0.25) is 0 Å². The Kier molecular flexibility index (Phi) is 11.4. The second kappa shape index (κ2) is 14.0. The molecule has 0 radical (unpaired) electrons. The van der Waals surface area contributed by atoms with Gasteiger partial charge in [0.15, 0.2) is 0 Å². The number of hydrogen-bond donors (Lipinski definition) is 1. The van der Waals surface area contributed by atoms with E-state index in [0.29, 0.717) is 13.2 Å². The van der Waals surface area contributed by atoms with Crippen molar-refractivity contribution in [2.24, 2.45) is 0 Å². The average Bonchev–Trinajstić information content (AvgIpc) is 2.77. The highest BCUT2D eigenvalue weighted by Crippen LogP contribution is 2.21. The highest BCUT2D eigenvalue weighted by atomic mass is 16.7. The van der Waals surface area contributed by atoms with Crippen molar-refractivity contribution >= 4 is 18.1 Å². The van der Waals surface area contributed by atoms with Crippen molar-refractivity contribution in [3.05, 3.63) is 29.8 Å². The van der Waals surface area contributed by atoms with E-state index in [1.807, 2.05) is 31.1 Å². The summed E-state index contributed by atoms with van der Waals surface area (Å²) in [4.78, 5) is 33.8. The van der Waals surface area contributed by atoms with Crippen LogP contribution in [0.1, 0.15) is 57.4 Å². The highest BCUT2D eigenvalue weighted by molar-refractivity contribution is 5.89. The van der Waals surface area contributed by atoms with E-state index >= 15 is 0 Å². The van der Waals surface area contributed by atoms with Gasteiger partial charge < -0.3 is 15.1 Å². The van der Waals surface area contributed by atoms with Crippen LogP contribution in [0.5, 0.6) is 0 Å². The number of nitrogens with zero attached hydrogens (tertiary/aromatic N) is 3. The summed E-state index contributed by atoms with van der Waals surface area (Å²) in [6, 6.07) is 8.24. The molecule has 1 heterocycles. The van der Waals surface area contributed by atoms with Crippen molar-refractivity contribution in [3.63, 3.8) is 0 Å². The van der Waals surface area contributed by atoms with Crippen LogP contribution in [0.3, 0.4) is 0 Å². The van der Waals surface area contributed by atoms with Gasteiger partial charge in [0, 0.05) is 24.8 Å². The fraction of sp³-hybridized carbons (Fsp3) is 0.667. The van der Waals surface area contributed by atoms with E-state index in [9.17, 15) is 9.59 Å². The molecule has 7 nitrogen and oxygen atoms in total. The van der Waals surface area contributed by atoms with Gasteiger partial charge in [0.1, 0.15) is 0 Å². The van der Waals surface area contributed by atoms with E-state index in [0.717, 1.165) is 63.7 Å². The average molecular weight is 433 g/mol. The topological polar surface area (TPSA) is 65.1 Å². The van der Waals surface area contributed by atoms with Gasteiger partial charge in [0.05, 0.1) is 6.61 Å². The molecule has 1 aromatic rings. The van der Waals surface area contributed by atoms with Crippen molar-refractivity contribution in [2.45, 2.75) is 64.3 Å². The van der Waals surface area contributed by atoms with Crippen LogP contribution in [0.25, 0.3) is 0 Å². The van der Waals surface area contributed by atoms with E-state index in [1.165, 1.54) is 23.5 Å². The molecule has 1 N–H and O–H groups in total. The fourth-order valence-electron chi connectivity index (χ4n) is 3.90. The number of likely N-dealkylation sites (tertiary alicyclic amines) is 1. The number of rotatable bonds is 13. The lowest BCUT2D eigenvalue weighted by atomic mass is 10.00. The van der Waals surface area contributed by atoms with Gasteiger partial charge in [-0.1, -0.05) is 25.5 Å². The summed E-state index contributed by atoms with van der Waals surface area (Å²) in [6.45, 7) is 4.86. The molecule has 1 aliphatic rings. The van der Waals surface area contributed by atoms with Crippen LogP contribution in [0.4, 0.5) is 10.5 Å². The largest absolute Gasteiger partial charge is 0.322 e. The fourth-order valence-corrected chi connectivity index (χ4v) is 3.90. The first kappa shape index (κ1) is 25.1. The number of carbonyl (C=O) groups is 2. The smallest absolute Gasteiger partial charge is 0.321 e. The summed E-state index contributed by atoms with van der Waals surface area (Å²) < 4.78 is 0. The molecule has 2 rings (SSSR count). The zero-order valence-corrected chi connectivity index (χ0v) is 19.5. The molecule has 0 aromatic heterocycles. The van der Waals surface area contributed by atoms with Crippen molar-refractivity contribution in [2.75, 3.05) is 45.7 Å². The molecule has 1 saturated heterocycles. The third-order valence-corrected chi connectivity index (χ3v) is 5.72. The minimum absolute atomic E-state index is 0.0516. The molecule has 0 bridgehead atoms. The highest BCUT2D eigenvalue weighted by Gasteiger charge is 2.26. The van der Waals surface area contributed by atoms with E-state index in [4.69, 9.17) is 4.84 Å². The minimum atomic E-state index is -0.0516. The Balaban J connectivity index is 1.81. The van der Waals surface area contributed by atoms with E-state index in [-0.39, 0.29) is 12.1 Å². The number of piperidine rings is 1. The first-order valence-corrected chi connectivity index (χ1v) is 11.7. The molecule has 0 saturated carbocycles. The molecule has 0 spiro atoms. The molecule has 174 valence electrons. The molecule has 1 atom stereocenters. The molecule has 1 fully saturated rings. The maximum Gasteiger partial charge on any atom is 0.322 e. The van der Waals surface area contributed by atoms with Crippen LogP contribution >= 0.6 is 0 Å². The molecule has 0 aliphatic carbocycles. The molecule has 1 aromatic carbocycles. The van der Waals surface area contributed by atoms with Crippen molar-refractivity contribution < 1.29 is 14.4 Å². The van der Waals surface area contributed by atoms with Crippen LogP contribution in [0.15, 0.2) is 24.3 Å². The number of nitrogens with one attached hydrogen (secondary N) is 1. The van der Waals surface area contributed by atoms with Crippen molar-refractivity contribution in [1.82, 2.24) is 14.9 Å². The Morgan fingerprint density at radius 2 is 1.97 bits per heavy atom. The number of benzene rings is 1. The quantitative estimate of drug-likeness (QED) is 0.376. The van der Waals surface area contributed by atoms with Crippen LogP contribution in [0, 0.1) is 0 Å². The summed E-state index contributed by atoms with van der Waals surface area (Å²) in [5.41, 5.74) is 2.14. The number of urea groups is 1. The number of amides is 3. The van der Waals surface area contributed by atoms with E-state index < -0.39 is 0 Å². The van der Waals surface area contributed by atoms with E-state index in [1.54, 1.807) is 0 Å². The number of hydroxylamine groups is 2. The summed E-state index contributed by atoms with van der Waals surface area (Å²) in [5, 5.41) is 4.42. The van der Waals surface area contributed by atoms with Gasteiger partial charge in [0.2, 0.25) is 6.41 Å². The normalized spacial score (nSPS) is 16.4. The van der Waals surface area contributed by atoms with Gasteiger partial charge in [0.25, 0.3) is 0 Å². The summed E-state index contributed by atoms with van der Waals surface area (Å²) >= 11 is 0. The zero-order chi connectivity index (χ0) is 22.5. The molecular formula is C24H40N4O3. The molecular weight excluding hydrogens is 392 g/mol. The van der Waals surface area contributed by atoms with Gasteiger partial charge in [-0.15, -0.1) is 0 Å². The lowest BCUT2D eigenvalue weighted by Crippen LogP contribution is -2.46. The zero-order valence-electron chi connectivity index (χ0n) is 19.5. The second-order valence-electron chi connectivity index (χ2n) is 8.60. The van der Waals surface area contributed by atoms with Gasteiger partial charge >= 0.3 is 6.03 Å². The number of unbranched alkanes of at least 4 members (excludes halogenated alkanes) is 1. The Labute approximate surface area is 187 Å². The van der Waals surface area contributed by atoms with Crippen molar-refractivity contribution in [1.29, 1.82) is 0 Å². The summed E-state index contributed by atoms with van der Waals surface area (Å²) in [5.74, 6) is 0. The SMILES string of the molecule is CCCCc1ccc(NC(=O)N2CCCCC2CCON(C=O)CCCN(C)C)cc1. The first-order valence-electron chi connectivity index (χ1n) is 11.7. The number of hydrogen-bond acceptors (Lipinski definition) is 4. The monoisotopic (exact) mass is 432 g/mol. The van der Waals surface area contributed by atoms with Crippen LogP contribution < -0.4 is 5.32 Å². The molecule has 3 amide bonds. The van der Waals surface area contributed by atoms with Gasteiger partial charge in [-0.05, 0) is 83.3 Å². The standard InChI is InChI=1S/C24H40N4O3/c1-4-5-9-21-11-13-22(14-12-21)25-24(30)28-18-7-6-10-23(28)15-19-31-27(20-29)17-8-16-26(2)3/h11-14,20,23H,4-10,15-19H2,1-3H3,(H,25,30). The lowest BCUT2D eigenvalue weighted by molar-refractivity contribution is -0.174. The van der Waals surface area contributed by atoms with Crippen molar-refractivity contribution in [3.8, 4) is 0 Å². The Morgan fingerprint density at radius 1 is 1.19 bits per heavy atom. The Hall–Kier alpha value is -2.12. The van der Waals surface area contributed by atoms with E-state index in [2.05, 4.69) is 29.3 Å². The first-order chi connectivity index (χ1) is 15.0. The summed E-state index contributed by atoms with van der Waals surface area (Å²) in [7, 11) is 4.02. The van der Waals surface area contributed by atoms with Gasteiger partial charge in [-0.3, -0.25) is 9.63 Å². The molecule has 31 heavy (non-hydrogen) atoms. The third kappa shape index (κ3) is 9.27. The molecule has 7 heteroatoms. The lowest BCUT2D eigenvalue weighted by Gasteiger charge is -2.36. The second-order valence-corrected chi connectivity index (χ2v) is 8.60. The molecule has 1 aliphatic heterocycles. The molecule has 1 unspecified atom stereocenters. The number of anilines is 1. The van der Waals surface area contributed by atoms with Crippen LogP contribution in [-0.2, 0) is 16.1 Å². The predicted molar refractivity (Wildman–Crippen MR) is 125 cm³/mol. The maximum absolute atomic E-state index is 12.9. The van der Waals surface area contributed by atoms with Gasteiger partial charge in [-0.2, -0.15) is 0 Å². The van der Waals surface area contributed by atoms with Crippen LogP contribution in [-0.4, -0.2) is 73.7 Å². The maximum atomic E-state index is 12.9. The van der Waals surface area contributed by atoms with Gasteiger partial charge in [-0.25, -0.2) is 9.86 Å². The predicted octanol–water partition coefficient (Wildman–Crippen LogP) is 4.15. The third-order valence-electron chi connectivity index (χ3n) is 5.72. The number of carbonyl (C=O) groups excluding carboxylic acids is 2. The number of aryl methyl sites for hydroxylation is 1.